The predicted octanol–water partition coefficient (Wildman–Crippen LogP) is 2.36. The number of carbonyl (C=O) groups is 2. The van der Waals surface area contributed by atoms with E-state index in [0.717, 1.165) is 19.3 Å². The van der Waals surface area contributed by atoms with Gasteiger partial charge in [0.15, 0.2) is 5.69 Å². The van der Waals surface area contributed by atoms with Crippen molar-refractivity contribution >= 4 is 17.6 Å². The van der Waals surface area contributed by atoms with E-state index in [2.05, 4.69) is 10.4 Å². The third-order valence-corrected chi connectivity index (χ3v) is 6.09. The van der Waals surface area contributed by atoms with Gasteiger partial charge in [0, 0.05) is 7.05 Å². The number of hydrogen-bond acceptors (Lipinski definition) is 4. The molecule has 4 aliphatic rings. The van der Waals surface area contributed by atoms with Crippen LogP contribution in [0.2, 0.25) is 0 Å². The van der Waals surface area contributed by atoms with Gasteiger partial charge in [-0.3, -0.25) is 9.48 Å². The van der Waals surface area contributed by atoms with E-state index < -0.39 is 5.97 Å². The molecule has 4 saturated carbocycles. The van der Waals surface area contributed by atoms with Crippen LogP contribution in [0.5, 0.6) is 0 Å². The van der Waals surface area contributed by atoms with Crippen LogP contribution in [-0.2, 0) is 16.6 Å². The summed E-state index contributed by atoms with van der Waals surface area (Å²) < 4.78 is 6.24. The average Bonchev–Trinajstić information content (AvgIpc) is 2.86. The van der Waals surface area contributed by atoms with Crippen molar-refractivity contribution in [1.29, 1.82) is 0 Å². The number of ether oxygens (including phenoxy) is 1. The standard InChI is InChI=1S/C17H23N3O3/c1-20-14(15(21)23-2)13(9-18-20)19-16(22)17-6-10-3-11(7-17)5-12(4-10)8-17/h9-12H,3-8H2,1-2H3,(H,19,22). The zero-order valence-electron chi connectivity index (χ0n) is 13.7. The maximum atomic E-state index is 13.0. The summed E-state index contributed by atoms with van der Waals surface area (Å²) in [6.45, 7) is 0. The number of carbonyl (C=O) groups excluding carboxylic acids is 2. The van der Waals surface area contributed by atoms with Crippen molar-refractivity contribution in [3.05, 3.63) is 11.9 Å². The van der Waals surface area contributed by atoms with Gasteiger partial charge in [0.05, 0.1) is 24.4 Å². The molecule has 0 saturated heterocycles. The molecule has 0 radical (unpaired) electrons. The molecule has 0 aromatic carbocycles. The second kappa shape index (κ2) is 5.08. The quantitative estimate of drug-likeness (QED) is 0.869. The summed E-state index contributed by atoms with van der Waals surface area (Å²) in [5.41, 5.74) is 0.517. The minimum Gasteiger partial charge on any atom is -0.464 e. The fourth-order valence-electron chi connectivity index (χ4n) is 5.51. The number of esters is 1. The smallest absolute Gasteiger partial charge is 0.358 e. The molecule has 4 fully saturated rings. The fourth-order valence-corrected chi connectivity index (χ4v) is 5.51. The van der Waals surface area contributed by atoms with E-state index in [0.29, 0.717) is 29.1 Å². The highest BCUT2D eigenvalue weighted by Gasteiger charge is 2.54. The highest BCUT2D eigenvalue weighted by atomic mass is 16.5. The SMILES string of the molecule is COC(=O)c1c(NC(=O)C23CC4CC(CC(C4)C2)C3)cnn1C. The Morgan fingerprint density at radius 3 is 2.30 bits per heavy atom. The number of nitrogens with one attached hydrogen (secondary N) is 1. The van der Waals surface area contributed by atoms with E-state index in [9.17, 15) is 9.59 Å². The molecule has 124 valence electrons. The average molecular weight is 317 g/mol. The van der Waals surface area contributed by atoms with Crippen LogP contribution in [-0.4, -0.2) is 28.8 Å². The summed E-state index contributed by atoms with van der Waals surface area (Å²) in [6.07, 6.45) is 8.42. The Kier molecular flexibility index (Phi) is 3.25. The Balaban J connectivity index is 1.58. The number of aryl methyl sites for hydroxylation is 1. The number of nitrogens with zero attached hydrogens (tertiary/aromatic N) is 2. The van der Waals surface area contributed by atoms with Crippen LogP contribution in [0, 0.1) is 23.2 Å². The van der Waals surface area contributed by atoms with Crippen molar-refractivity contribution in [1.82, 2.24) is 9.78 Å². The molecule has 1 heterocycles. The van der Waals surface area contributed by atoms with E-state index in [4.69, 9.17) is 4.74 Å². The Morgan fingerprint density at radius 1 is 1.22 bits per heavy atom. The molecule has 1 aromatic heterocycles. The van der Waals surface area contributed by atoms with Gasteiger partial charge >= 0.3 is 5.97 Å². The lowest BCUT2D eigenvalue weighted by Crippen LogP contribution is -2.51. The molecule has 6 heteroatoms. The molecule has 4 bridgehead atoms. The van der Waals surface area contributed by atoms with Gasteiger partial charge in [-0.05, 0) is 56.3 Å². The summed E-state index contributed by atoms with van der Waals surface area (Å²) in [6, 6.07) is 0. The second-order valence-corrected chi connectivity index (χ2v) is 7.67. The third-order valence-electron chi connectivity index (χ3n) is 6.09. The normalized spacial score (nSPS) is 34.4. The summed E-state index contributed by atoms with van der Waals surface area (Å²) in [5, 5.41) is 7.07. The Morgan fingerprint density at radius 2 is 1.78 bits per heavy atom. The zero-order chi connectivity index (χ0) is 16.2. The first-order chi connectivity index (χ1) is 11.0. The Bertz CT molecular complexity index is 629. The molecule has 23 heavy (non-hydrogen) atoms. The lowest BCUT2D eigenvalue weighted by molar-refractivity contribution is -0.140. The lowest BCUT2D eigenvalue weighted by Gasteiger charge is -2.55. The molecule has 1 aromatic rings. The molecule has 0 spiro atoms. The number of aromatic nitrogens is 2. The monoisotopic (exact) mass is 317 g/mol. The summed E-state index contributed by atoms with van der Waals surface area (Å²) in [7, 11) is 3.01. The minimum absolute atomic E-state index is 0.0646. The fraction of sp³-hybridized carbons (Fsp3) is 0.706. The van der Waals surface area contributed by atoms with Crippen LogP contribution < -0.4 is 5.32 Å². The van der Waals surface area contributed by atoms with E-state index in [-0.39, 0.29) is 11.3 Å². The molecule has 0 aliphatic heterocycles. The van der Waals surface area contributed by atoms with Crippen molar-refractivity contribution in [2.75, 3.05) is 12.4 Å². The van der Waals surface area contributed by atoms with E-state index in [1.807, 2.05) is 0 Å². The lowest BCUT2D eigenvalue weighted by atomic mass is 9.49. The first kappa shape index (κ1) is 14.7. The van der Waals surface area contributed by atoms with Crippen LogP contribution in [0.3, 0.4) is 0 Å². The van der Waals surface area contributed by atoms with Gasteiger partial charge in [0.25, 0.3) is 0 Å². The number of anilines is 1. The van der Waals surface area contributed by atoms with Crippen LogP contribution in [0.1, 0.15) is 49.0 Å². The summed E-state index contributed by atoms with van der Waals surface area (Å²) in [5.74, 6) is 1.71. The van der Waals surface area contributed by atoms with Crippen LogP contribution in [0.25, 0.3) is 0 Å². The van der Waals surface area contributed by atoms with Gasteiger partial charge in [-0.1, -0.05) is 0 Å². The molecule has 0 unspecified atom stereocenters. The maximum absolute atomic E-state index is 13.0. The molecule has 6 nitrogen and oxygen atoms in total. The van der Waals surface area contributed by atoms with Gasteiger partial charge in [-0.15, -0.1) is 0 Å². The van der Waals surface area contributed by atoms with Gasteiger partial charge in [-0.25, -0.2) is 4.79 Å². The number of methoxy groups -OCH3 is 1. The number of rotatable bonds is 3. The van der Waals surface area contributed by atoms with Crippen LogP contribution >= 0.6 is 0 Å². The first-order valence-electron chi connectivity index (χ1n) is 8.42. The van der Waals surface area contributed by atoms with E-state index >= 15 is 0 Å². The topological polar surface area (TPSA) is 73.2 Å². The minimum atomic E-state index is -0.481. The molecule has 5 rings (SSSR count). The Labute approximate surface area is 135 Å². The summed E-state index contributed by atoms with van der Waals surface area (Å²) in [4.78, 5) is 24.9. The number of hydrogen-bond donors (Lipinski definition) is 1. The Hall–Kier alpha value is -1.85. The van der Waals surface area contributed by atoms with Crippen molar-refractivity contribution in [2.45, 2.75) is 38.5 Å². The highest BCUT2D eigenvalue weighted by Crippen LogP contribution is 2.60. The van der Waals surface area contributed by atoms with Gasteiger partial charge < -0.3 is 10.1 Å². The van der Waals surface area contributed by atoms with Gasteiger partial charge in [0.2, 0.25) is 5.91 Å². The molecule has 4 aliphatic carbocycles. The van der Waals surface area contributed by atoms with Gasteiger partial charge in [0.1, 0.15) is 0 Å². The highest BCUT2D eigenvalue weighted by molar-refractivity contribution is 6.02. The second-order valence-electron chi connectivity index (χ2n) is 7.67. The summed E-state index contributed by atoms with van der Waals surface area (Å²) >= 11 is 0. The van der Waals surface area contributed by atoms with Crippen molar-refractivity contribution in [2.24, 2.45) is 30.2 Å². The molecular formula is C17H23N3O3. The van der Waals surface area contributed by atoms with Crippen molar-refractivity contribution in [3.8, 4) is 0 Å². The first-order valence-corrected chi connectivity index (χ1v) is 8.42. The third kappa shape index (κ3) is 2.26. The molecule has 1 amide bonds. The molecular weight excluding hydrogens is 294 g/mol. The van der Waals surface area contributed by atoms with Crippen molar-refractivity contribution < 1.29 is 14.3 Å². The van der Waals surface area contributed by atoms with Crippen LogP contribution in [0.15, 0.2) is 6.20 Å². The molecule has 1 N–H and O–H groups in total. The zero-order valence-corrected chi connectivity index (χ0v) is 13.7. The largest absolute Gasteiger partial charge is 0.464 e. The van der Waals surface area contributed by atoms with Gasteiger partial charge in [-0.2, -0.15) is 5.10 Å². The van der Waals surface area contributed by atoms with E-state index in [1.54, 1.807) is 7.05 Å². The maximum Gasteiger partial charge on any atom is 0.358 e. The van der Waals surface area contributed by atoms with E-state index in [1.165, 1.54) is 37.3 Å². The molecule has 0 atom stereocenters. The number of amides is 1. The predicted molar refractivity (Wildman–Crippen MR) is 83.8 cm³/mol. The van der Waals surface area contributed by atoms with Crippen molar-refractivity contribution in [3.63, 3.8) is 0 Å². The van der Waals surface area contributed by atoms with Crippen LogP contribution in [0.4, 0.5) is 5.69 Å².